The van der Waals surface area contributed by atoms with Crippen molar-refractivity contribution in [2.75, 3.05) is 18.0 Å². The van der Waals surface area contributed by atoms with Gasteiger partial charge in [-0.3, -0.25) is 4.79 Å². The number of aryl methyl sites for hydroxylation is 2. The fourth-order valence-electron chi connectivity index (χ4n) is 3.88. The highest BCUT2D eigenvalue weighted by molar-refractivity contribution is 7.19. The molecule has 1 aliphatic rings. The predicted octanol–water partition coefficient (Wildman–Crippen LogP) is 5.18. The Bertz CT molecular complexity index is 1030. The number of hydrogen-bond donors (Lipinski definition) is 1. The minimum absolute atomic E-state index is 0.208. The van der Waals surface area contributed by atoms with E-state index in [2.05, 4.69) is 53.0 Å². The Kier molecular flexibility index (Phi) is 5.25. The predicted molar refractivity (Wildman–Crippen MR) is 115 cm³/mol. The van der Waals surface area contributed by atoms with Gasteiger partial charge in [0.25, 0.3) is 0 Å². The van der Waals surface area contributed by atoms with Gasteiger partial charge in [-0.25, -0.2) is 4.98 Å². The summed E-state index contributed by atoms with van der Waals surface area (Å²) in [4.78, 5) is 24.8. The normalized spacial score (nSPS) is 17.2. The molecule has 2 aromatic heterocycles. The van der Waals surface area contributed by atoms with Crippen LogP contribution in [0.25, 0.3) is 21.3 Å². The number of benzene rings is 1. The molecular weight excluding hydrogens is 394 g/mol. The van der Waals surface area contributed by atoms with Gasteiger partial charge in [0.15, 0.2) is 0 Å². The lowest BCUT2D eigenvalue weighted by Gasteiger charge is -2.32. The van der Waals surface area contributed by atoms with Gasteiger partial charge in [0.2, 0.25) is 5.28 Å². The Morgan fingerprint density at radius 1 is 1.32 bits per heavy atom. The van der Waals surface area contributed by atoms with E-state index in [9.17, 15) is 9.90 Å². The number of piperidine rings is 1. The summed E-state index contributed by atoms with van der Waals surface area (Å²) in [5, 5.41) is 10.7. The zero-order valence-electron chi connectivity index (χ0n) is 15.9. The van der Waals surface area contributed by atoms with Crippen LogP contribution >= 0.6 is 22.9 Å². The highest BCUT2D eigenvalue weighted by Gasteiger charge is 2.29. The van der Waals surface area contributed by atoms with Crippen molar-refractivity contribution in [1.29, 1.82) is 0 Å². The standard InChI is InChI=1S/C21H22ClN3O2S/c1-3-15-16(13-8-6-12(2)7-9-13)17-18(23-21(22)24-19(17)28-15)25-10-4-5-14(11-25)20(26)27/h6-9,14H,3-5,10-11H2,1-2H3,(H,26,27). The van der Waals surface area contributed by atoms with Crippen molar-refractivity contribution in [3.8, 4) is 11.1 Å². The molecule has 0 aliphatic carbocycles. The number of rotatable bonds is 4. The van der Waals surface area contributed by atoms with E-state index in [0.717, 1.165) is 46.5 Å². The molecule has 0 spiro atoms. The van der Waals surface area contributed by atoms with Gasteiger partial charge in [-0.2, -0.15) is 4.98 Å². The largest absolute Gasteiger partial charge is 0.481 e. The number of carbonyl (C=O) groups is 1. The Balaban J connectivity index is 1.92. The number of hydrogen-bond acceptors (Lipinski definition) is 5. The quantitative estimate of drug-likeness (QED) is 0.594. The number of nitrogens with zero attached hydrogens (tertiary/aromatic N) is 3. The van der Waals surface area contributed by atoms with Crippen LogP contribution in [0.15, 0.2) is 24.3 Å². The lowest BCUT2D eigenvalue weighted by Crippen LogP contribution is -2.39. The summed E-state index contributed by atoms with van der Waals surface area (Å²) in [5.74, 6) is -0.378. The molecule has 3 aromatic rings. The molecule has 4 rings (SSSR count). The molecule has 1 aliphatic heterocycles. The van der Waals surface area contributed by atoms with Crippen LogP contribution in [-0.4, -0.2) is 34.1 Å². The summed E-state index contributed by atoms with van der Waals surface area (Å²) in [6, 6.07) is 8.47. The third-order valence-electron chi connectivity index (χ3n) is 5.31. The van der Waals surface area contributed by atoms with Gasteiger partial charge in [-0.1, -0.05) is 36.8 Å². The zero-order chi connectivity index (χ0) is 19.8. The molecule has 0 amide bonds. The van der Waals surface area contributed by atoms with Gasteiger partial charge in [0.1, 0.15) is 10.6 Å². The summed E-state index contributed by atoms with van der Waals surface area (Å²) < 4.78 is 0. The number of aromatic nitrogens is 2. The molecule has 1 N–H and O–H groups in total. The first-order chi connectivity index (χ1) is 13.5. The second-order valence-electron chi connectivity index (χ2n) is 7.24. The van der Waals surface area contributed by atoms with E-state index < -0.39 is 5.97 Å². The average Bonchev–Trinajstić information content (AvgIpc) is 3.06. The van der Waals surface area contributed by atoms with Crippen LogP contribution in [0.1, 0.15) is 30.2 Å². The number of fused-ring (bicyclic) bond motifs is 1. The summed E-state index contributed by atoms with van der Waals surface area (Å²) in [5.41, 5.74) is 3.49. The Labute approximate surface area is 173 Å². The minimum Gasteiger partial charge on any atom is -0.481 e. The van der Waals surface area contributed by atoms with Gasteiger partial charge in [0, 0.05) is 23.5 Å². The van der Waals surface area contributed by atoms with Crippen LogP contribution in [0.2, 0.25) is 5.28 Å². The highest BCUT2D eigenvalue weighted by Crippen LogP contribution is 2.43. The van der Waals surface area contributed by atoms with Crippen molar-refractivity contribution >= 4 is 44.9 Å². The monoisotopic (exact) mass is 415 g/mol. The van der Waals surface area contributed by atoms with Crippen molar-refractivity contribution in [1.82, 2.24) is 9.97 Å². The lowest BCUT2D eigenvalue weighted by molar-refractivity contribution is -0.141. The van der Waals surface area contributed by atoms with Crippen molar-refractivity contribution in [2.24, 2.45) is 5.92 Å². The SMILES string of the molecule is CCc1sc2nc(Cl)nc(N3CCCC(C(=O)O)C3)c2c1-c1ccc(C)cc1. The number of aliphatic carboxylic acids is 1. The molecule has 1 atom stereocenters. The maximum absolute atomic E-state index is 11.5. The Morgan fingerprint density at radius 2 is 2.07 bits per heavy atom. The summed E-state index contributed by atoms with van der Waals surface area (Å²) in [6.45, 7) is 5.43. The molecule has 1 aromatic carbocycles. The van der Waals surface area contributed by atoms with Gasteiger partial charge < -0.3 is 10.0 Å². The van der Waals surface area contributed by atoms with E-state index in [4.69, 9.17) is 11.6 Å². The Hall–Kier alpha value is -2.18. The van der Waals surface area contributed by atoms with Crippen molar-refractivity contribution < 1.29 is 9.90 Å². The molecular formula is C21H22ClN3O2S. The first-order valence-corrected chi connectivity index (χ1v) is 10.7. The molecule has 0 bridgehead atoms. The topological polar surface area (TPSA) is 66.3 Å². The molecule has 1 unspecified atom stereocenters. The second kappa shape index (κ2) is 7.68. The fourth-order valence-corrected chi connectivity index (χ4v) is 5.22. The van der Waals surface area contributed by atoms with Crippen LogP contribution in [0.5, 0.6) is 0 Å². The average molecular weight is 416 g/mol. The van der Waals surface area contributed by atoms with Crippen LogP contribution in [0, 0.1) is 12.8 Å². The van der Waals surface area contributed by atoms with E-state index in [1.54, 1.807) is 11.3 Å². The molecule has 3 heterocycles. The minimum atomic E-state index is -0.751. The third-order valence-corrected chi connectivity index (χ3v) is 6.71. The van der Waals surface area contributed by atoms with E-state index in [1.165, 1.54) is 10.4 Å². The number of carboxylic acid groups (broad SMARTS) is 1. The summed E-state index contributed by atoms with van der Waals surface area (Å²) in [6.07, 6.45) is 2.41. The van der Waals surface area contributed by atoms with Crippen LogP contribution in [0.4, 0.5) is 5.82 Å². The molecule has 146 valence electrons. The molecule has 28 heavy (non-hydrogen) atoms. The molecule has 0 radical (unpaired) electrons. The van der Waals surface area contributed by atoms with E-state index in [0.29, 0.717) is 13.0 Å². The highest BCUT2D eigenvalue weighted by atomic mass is 35.5. The maximum Gasteiger partial charge on any atom is 0.308 e. The number of carboxylic acids is 1. The van der Waals surface area contributed by atoms with Gasteiger partial charge in [-0.15, -0.1) is 11.3 Å². The van der Waals surface area contributed by atoms with Gasteiger partial charge in [-0.05, 0) is 43.4 Å². The van der Waals surface area contributed by atoms with Crippen LogP contribution in [0.3, 0.4) is 0 Å². The first kappa shape index (κ1) is 19.2. The van der Waals surface area contributed by atoms with Crippen molar-refractivity contribution in [2.45, 2.75) is 33.1 Å². The van der Waals surface area contributed by atoms with Crippen molar-refractivity contribution in [3.05, 3.63) is 40.0 Å². The van der Waals surface area contributed by atoms with E-state index >= 15 is 0 Å². The lowest BCUT2D eigenvalue weighted by atomic mass is 9.97. The Morgan fingerprint density at radius 3 is 2.75 bits per heavy atom. The molecule has 0 saturated carbocycles. The smallest absolute Gasteiger partial charge is 0.308 e. The zero-order valence-corrected chi connectivity index (χ0v) is 17.5. The van der Waals surface area contributed by atoms with E-state index in [1.807, 2.05) is 0 Å². The third kappa shape index (κ3) is 3.47. The van der Waals surface area contributed by atoms with Gasteiger partial charge in [0.05, 0.1) is 11.3 Å². The molecule has 5 nitrogen and oxygen atoms in total. The molecule has 1 fully saturated rings. The van der Waals surface area contributed by atoms with Crippen LogP contribution in [-0.2, 0) is 11.2 Å². The first-order valence-electron chi connectivity index (χ1n) is 9.51. The maximum atomic E-state index is 11.5. The summed E-state index contributed by atoms with van der Waals surface area (Å²) in [7, 11) is 0. The molecule has 1 saturated heterocycles. The molecule has 7 heteroatoms. The fraction of sp³-hybridized carbons (Fsp3) is 0.381. The second-order valence-corrected chi connectivity index (χ2v) is 8.66. The number of thiophene rings is 1. The van der Waals surface area contributed by atoms with Crippen LogP contribution < -0.4 is 4.90 Å². The number of anilines is 1. The van der Waals surface area contributed by atoms with Gasteiger partial charge >= 0.3 is 5.97 Å². The van der Waals surface area contributed by atoms with Crippen molar-refractivity contribution in [3.63, 3.8) is 0 Å². The van der Waals surface area contributed by atoms with E-state index in [-0.39, 0.29) is 11.2 Å². The number of halogens is 1. The summed E-state index contributed by atoms with van der Waals surface area (Å²) >= 11 is 7.90.